The molecule has 0 unspecified atom stereocenters. The van der Waals surface area contributed by atoms with Gasteiger partial charge in [0.15, 0.2) is 0 Å². The number of halogens is 2. The lowest BCUT2D eigenvalue weighted by molar-refractivity contribution is 0.277. The standard InChI is InChI=1S/C15H11F2N3O/c16-11-6-2-1-5-10(11)15-13(9-21)18-19-20(15)14-8-4-3-7-12(14)17/h1-8,21H,9H2. The molecular formula is C15H11F2N3O. The summed E-state index contributed by atoms with van der Waals surface area (Å²) in [6.07, 6.45) is 0. The fraction of sp³-hybridized carbons (Fsp3) is 0.0667. The van der Waals surface area contributed by atoms with E-state index >= 15 is 0 Å². The number of hydrogen-bond donors (Lipinski definition) is 1. The minimum atomic E-state index is -0.510. The normalized spacial score (nSPS) is 10.8. The number of nitrogens with zero attached hydrogens (tertiary/aromatic N) is 3. The fourth-order valence-corrected chi connectivity index (χ4v) is 2.13. The Morgan fingerprint density at radius 1 is 0.952 bits per heavy atom. The predicted octanol–water partition coefficient (Wildman–Crippen LogP) is 2.70. The van der Waals surface area contributed by atoms with Crippen LogP contribution in [0.25, 0.3) is 16.9 Å². The van der Waals surface area contributed by atoms with Crippen molar-refractivity contribution in [2.24, 2.45) is 0 Å². The van der Waals surface area contributed by atoms with Crippen molar-refractivity contribution < 1.29 is 13.9 Å². The van der Waals surface area contributed by atoms with Crippen LogP contribution in [0.15, 0.2) is 48.5 Å². The van der Waals surface area contributed by atoms with Gasteiger partial charge in [-0.3, -0.25) is 0 Å². The van der Waals surface area contributed by atoms with Crippen LogP contribution in [0.5, 0.6) is 0 Å². The van der Waals surface area contributed by atoms with E-state index in [4.69, 9.17) is 0 Å². The quantitative estimate of drug-likeness (QED) is 0.805. The Kier molecular flexibility index (Phi) is 3.45. The number of aromatic nitrogens is 3. The van der Waals surface area contributed by atoms with Crippen LogP contribution in [0.4, 0.5) is 8.78 Å². The third-order valence-electron chi connectivity index (χ3n) is 3.10. The molecule has 0 amide bonds. The topological polar surface area (TPSA) is 50.9 Å². The van der Waals surface area contributed by atoms with Crippen LogP contribution in [0.3, 0.4) is 0 Å². The molecule has 3 rings (SSSR count). The monoisotopic (exact) mass is 287 g/mol. The second-order valence-corrected chi connectivity index (χ2v) is 4.39. The highest BCUT2D eigenvalue weighted by atomic mass is 19.1. The molecule has 0 aliphatic rings. The van der Waals surface area contributed by atoms with Crippen LogP contribution < -0.4 is 0 Å². The van der Waals surface area contributed by atoms with Crippen molar-refractivity contribution in [3.05, 3.63) is 65.9 Å². The predicted molar refractivity (Wildman–Crippen MR) is 72.6 cm³/mol. The molecule has 106 valence electrons. The third kappa shape index (κ3) is 2.30. The number of para-hydroxylation sites is 1. The largest absolute Gasteiger partial charge is 0.390 e. The molecule has 0 aliphatic heterocycles. The van der Waals surface area contributed by atoms with Crippen LogP contribution in [-0.2, 0) is 6.61 Å². The van der Waals surface area contributed by atoms with Gasteiger partial charge in [-0.2, -0.15) is 0 Å². The summed E-state index contributed by atoms with van der Waals surface area (Å²) in [6, 6.07) is 12.0. The van der Waals surface area contributed by atoms with E-state index in [0.717, 1.165) is 0 Å². The van der Waals surface area contributed by atoms with Gasteiger partial charge in [-0.15, -0.1) is 5.10 Å². The molecule has 3 aromatic rings. The fourth-order valence-electron chi connectivity index (χ4n) is 2.13. The highest BCUT2D eigenvalue weighted by Crippen LogP contribution is 2.28. The van der Waals surface area contributed by atoms with Crippen molar-refractivity contribution in [1.82, 2.24) is 15.0 Å². The summed E-state index contributed by atoms with van der Waals surface area (Å²) < 4.78 is 29.2. The Morgan fingerprint density at radius 2 is 1.62 bits per heavy atom. The number of aliphatic hydroxyl groups excluding tert-OH is 1. The molecule has 1 heterocycles. The SMILES string of the molecule is OCc1nnn(-c2ccccc2F)c1-c1ccccc1F. The Balaban J connectivity index is 2.28. The summed E-state index contributed by atoms with van der Waals surface area (Å²) in [5, 5.41) is 17.0. The van der Waals surface area contributed by atoms with E-state index in [2.05, 4.69) is 10.3 Å². The molecular weight excluding hydrogens is 276 g/mol. The van der Waals surface area contributed by atoms with Gasteiger partial charge in [0.05, 0.1) is 6.61 Å². The maximum absolute atomic E-state index is 14.0. The average molecular weight is 287 g/mol. The van der Waals surface area contributed by atoms with Crippen molar-refractivity contribution >= 4 is 0 Å². The first-order chi connectivity index (χ1) is 10.2. The molecule has 0 bridgehead atoms. The van der Waals surface area contributed by atoms with Gasteiger partial charge in [0.25, 0.3) is 0 Å². The van der Waals surface area contributed by atoms with Gasteiger partial charge in [0.1, 0.15) is 28.7 Å². The van der Waals surface area contributed by atoms with E-state index in [1.54, 1.807) is 24.3 Å². The van der Waals surface area contributed by atoms with Crippen molar-refractivity contribution in [2.75, 3.05) is 0 Å². The molecule has 0 spiro atoms. The van der Waals surface area contributed by atoms with Gasteiger partial charge in [0, 0.05) is 5.56 Å². The van der Waals surface area contributed by atoms with Crippen LogP contribution in [0.2, 0.25) is 0 Å². The van der Waals surface area contributed by atoms with E-state index in [-0.39, 0.29) is 22.6 Å². The molecule has 0 aliphatic carbocycles. The summed E-state index contributed by atoms with van der Waals surface area (Å²) in [5.74, 6) is -1.00. The first-order valence-electron chi connectivity index (χ1n) is 6.27. The molecule has 0 radical (unpaired) electrons. The van der Waals surface area contributed by atoms with Gasteiger partial charge in [-0.05, 0) is 24.3 Å². The van der Waals surface area contributed by atoms with Crippen molar-refractivity contribution in [2.45, 2.75) is 6.61 Å². The molecule has 0 atom stereocenters. The molecule has 1 N–H and O–H groups in total. The molecule has 2 aromatic carbocycles. The summed E-state index contributed by atoms with van der Waals surface area (Å²) in [4.78, 5) is 0. The van der Waals surface area contributed by atoms with Crippen LogP contribution >= 0.6 is 0 Å². The summed E-state index contributed by atoms with van der Waals surface area (Å²) in [6.45, 7) is -0.419. The molecule has 21 heavy (non-hydrogen) atoms. The highest BCUT2D eigenvalue weighted by Gasteiger charge is 2.19. The van der Waals surface area contributed by atoms with Crippen LogP contribution in [-0.4, -0.2) is 20.1 Å². The lowest BCUT2D eigenvalue weighted by atomic mass is 10.1. The Morgan fingerprint density at radius 3 is 2.29 bits per heavy atom. The zero-order valence-electron chi connectivity index (χ0n) is 10.9. The van der Waals surface area contributed by atoms with E-state index in [9.17, 15) is 13.9 Å². The molecule has 6 heteroatoms. The van der Waals surface area contributed by atoms with E-state index in [0.29, 0.717) is 0 Å². The summed E-state index contributed by atoms with van der Waals surface area (Å²) in [5.41, 5.74) is 0.766. The Bertz CT molecular complexity index is 786. The molecule has 1 aromatic heterocycles. The van der Waals surface area contributed by atoms with Gasteiger partial charge in [-0.1, -0.05) is 29.5 Å². The Hall–Kier alpha value is -2.60. The maximum Gasteiger partial charge on any atom is 0.148 e. The number of hydrogen-bond acceptors (Lipinski definition) is 3. The number of aliphatic hydroxyl groups is 1. The minimum absolute atomic E-state index is 0.142. The van der Waals surface area contributed by atoms with Gasteiger partial charge in [0.2, 0.25) is 0 Å². The molecule has 4 nitrogen and oxygen atoms in total. The molecule has 0 saturated heterocycles. The van der Waals surface area contributed by atoms with Crippen LogP contribution in [0, 0.1) is 11.6 Å². The zero-order valence-corrected chi connectivity index (χ0v) is 10.9. The number of benzene rings is 2. The smallest absolute Gasteiger partial charge is 0.148 e. The van der Waals surface area contributed by atoms with E-state index in [1.807, 2.05) is 0 Å². The van der Waals surface area contributed by atoms with Gasteiger partial charge < -0.3 is 5.11 Å². The molecule has 0 saturated carbocycles. The zero-order chi connectivity index (χ0) is 14.8. The second-order valence-electron chi connectivity index (χ2n) is 4.39. The van der Waals surface area contributed by atoms with Gasteiger partial charge >= 0.3 is 0 Å². The van der Waals surface area contributed by atoms with E-state index < -0.39 is 18.2 Å². The lowest BCUT2D eigenvalue weighted by Gasteiger charge is -2.09. The first-order valence-corrected chi connectivity index (χ1v) is 6.27. The van der Waals surface area contributed by atoms with Crippen molar-refractivity contribution in [3.8, 4) is 16.9 Å². The Labute approximate surface area is 119 Å². The molecule has 0 fully saturated rings. The summed E-state index contributed by atoms with van der Waals surface area (Å²) >= 11 is 0. The highest BCUT2D eigenvalue weighted by molar-refractivity contribution is 5.65. The van der Waals surface area contributed by atoms with Crippen LogP contribution in [0.1, 0.15) is 5.69 Å². The lowest BCUT2D eigenvalue weighted by Crippen LogP contribution is -2.03. The average Bonchev–Trinajstić information content (AvgIpc) is 2.92. The van der Waals surface area contributed by atoms with E-state index in [1.165, 1.54) is 28.9 Å². The second kappa shape index (κ2) is 5.41. The summed E-state index contributed by atoms with van der Waals surface area (Å²) in [7, 11) is 0. The van der Waals surface area contributed by atoms with Crippen molar-refractivity contribution in [3.63, 3.8) is 0 Å². The number of rotatable bonds is 3. The first kappa shape index (κ1) is 13.4. The third-order valence-corrected chi connectivity index (χ3v) is 3.10. The van der Waals surface area contributed by atoms with Crippen molar-refractivity contribution in [1.29, 1.82) is 0 Å². The maximum atomic E-state index is 14.0. The minimum Gasteiger partial charge on any atom is -0.390 e. The van der Waals surface area contributed by atoms with Gasteiger partial charge in [-0.25, -0.2) is 13.5 Å².